The van der Waals surface area contributed by atoms with E-state index < -0.39 is 22.9 Å². The number of amides is 1. The zero-order valence-corrected chi connectivity index (χ0v) is 15.5. The highest BCUT2D eigenvalue weighted by Crippen LogP contribution is 2.31. The monoisotopic (exact) mass is 398 g/mol. The number of hydrogen-bond donors (Lipinski definition) is 1. The molecule has 9 heteroatoms. The molecule has 2 aromatic rings. The molecule has 9 nitrogen and oxygen atoms in total. The van der Waals surface area contributed by atoms with Crippen molar-refractivity contribution in [3.63, 3.8) is 0 Å². The van der Waals surface area contributed by atoms with Crippen molar-refractivity contribution in [3.8, 4) is 11.5 Å². The molecular formula is C20H18N2O7. The Morgan fingerprint density at radius 2 is 1.90 bits per heavy atom. The van der Waals surface area contributed by atoms with Crippen molar-refractivity contribution >= 4 is 29.3 Å². The summed E-state index contributed by atoms with van der Waals surface area (Å²) in [5, 5.41) is 13.4. The van der Waals surface area contributed by atoms with Crippen molar-refractivity contribution in [2.24, 2.45) is 0 Å². The van der Waals surface area contributed by atoms with Crippen molar-refractivity contribution in [2.75, 3.05) is 18.5 Å². The third-order valence-corrected chi connectivity index (χ3v) is 4.00. The van der Waals surface area contributed by atoms with Crippen LogP contribution >= 0.6 is 0 Å². The van der Waals surface area contributed by atoms with E-state index in [4.69, 9.17) is 14.2 Å². The van der Waals surface area contributed by atoms with Gasteiger partial charge in [0.2, 0.25) is 0 Å². The zero-order chi connectivity index (χ0) is 20.8. The number of nitro groups is 1. The smallest absolute Gasteiger partial charge is 0.331 e. The standard InChI is InChI=1S/C20H18N2O7/c1-13(20(24)21-15-4-2-3-5-16(15)22(25)26)29-19(23)9-7-14-6-8-17-18(12-14)28-11-10-27-17/h2-9,12-13H,10-11H2,1H3,(H,21,24)/b9-7+/t13-/m1/s1. The number of benzene rings is 2. The first-order valence-electron chi connectivity index (χ1n) is 8.76. The maximum Gasteiger partial charge on any atom is 0.331 e. The highest BCUT2D eigenvalue weighted by molar-refractivity contribution is 5.98. The van der Waals surface area contributed by atoms with Gasteiger partial charge >= 0.3 is 5.97 Å². The first kappa shape index (κ1) is 19.9. The quantitative estimate of drug-likeness (QED) is 0.344. The number of ether oxygens (including phenoxy) is 3. The van der Waals surface area contributed by atoms with Crippen molar-refractivity contribution in [1.82, 2.24) is 0 Å². The van der Waals surface area contributed by atoms with Crippen LogP contribution in [0.25, 0.3) is 6.08 Å². The lowest BCUT2D eigenvalue weighted by Gasteiger charge is -2.18. The maximum atomic E-state index is 12.2. The Hall–Kier alpha value is -3.88. The molecule has 0 fully saturated rings. The molecule has 0 bridgehead atoms. The summed E-state index contributed by atoms with van der Waals surface area (Å²) in [6, 6.07) is 10.9. The van der Waals surface area contributed by atoms with Crippen LogP contribution < -0.4 is 14.8 Å². The molecule has 2 aromatic carbocycles. The molecule has 0 spiro atoms. The molecule has 1 N–H and O–H groups in total. The minimum atomic E-state index is -1.15. The van der Waals surface area contributed by atoms with E-state index in [1.165, 1.54) is 37.3 Å². The summed E-state index contributed by atoms with van der Waals surface area (Å²) in [5.41, 5.74) is 0.471. The third-order valence-electron chi connectivity index (χ3n) is 4.00. The number of anilines is 1. The second-order valence-electron chi connectivity index (χ2n) is 6.08. The molecule has 0 saturated carbocycles. The Kier molecular flexibility index (Phi) is 6.08. The van der Waals surface area contributed by atoms with Crippen LogP contribution in [-0.4, -0.2) is 36.1 Å². The summed E-state index contributed by atoms with van der Waals surface area (Å²) in [7, 11) is 0. The minimum absolute atomic E-state index is 0.0252. The van der Waals surface area contributed by atoms with Gasteiger partial charge in [0.15, 0.2) is 17.6 Å². The van der Waals surface area contributed by atoms with E-state index in [1.807, 2.05) is 0 Å². The summed E-state index contributed by atoms with van der Waals surface area (Å²) in [6.45, 7) is 2.31. The number of nitrogens with zero attached hydrogens (tertiary/aromatic N) is 1. The number of para-hydroxylation sites is 2. The first-order valence-corrected chi connectivity index (χ1v) is 8.76. The van der Waals surface area contributed by atoms with Gasteiger partial charge in [-0.2, -0.15) is 0 Å². The van der Waals surface area contributed by atoms with E-state index in [0.29, 0.717) is 30.3 Å². The number of rotatable bonds is 6. The van der Waals surface area contributed by atoms with Gasteiger partial charge in [-0.15, -0.1) is 0 Å². The molecule has 1 aliphatic rings. The molecule has 29 heavy (non-hydrogen) atoms. The van der Waals surface area contributed by atoms with E-state index in [1.54, 1.807) is 24.3 Å². The molecule has 3 rings (SSSR count). The lowest BCUT2D eigenvalue weighted by molar-refractivity contribution is -0.383. The predicted molar refractivity (Wildman–Crippen MR) is 104 cm³/mol. The van der Waals surface area contributed by atoms with Gasteiger partial charge in [-0.1, -0.05) is 18.2 Å². The number of esters is 1. The van der Waals surface area contributed by atoms with E-state index in [-0.39, 0.29) is 11.4 Å². The number of fused-ring (bicyclic) bond motifs is 1. The molecule has 0 aliphatic carbocycles. The molecule has 150 valence electrons. The second kappa shape index (κ2) is 8.87. The molecule has 1 heterocycles. The van der Waals surface area contributed by atoms with Crippen LogP contribution in [0.5, 0.6) is 11.5 Å². The maximum absolute atomic E-state index is 12.2. The van der Waals surface area contributed by atoms with Gasteiger partial charge in [0.1, 0.15) is 18.9 Å². The van der Waals surface area contributed by atoms with Crippen LogP contribution in [0.2, 0.25) is 0 Å². The van der Waals surface area contributed by atoms with Crippen LogP contribution in [0.3, 0.4) is 0 Å². The predicted octanol–water partition coefficient (Wildman–Crippen LogP) is 2.95. The number of hydrogen-bond acceptors (Lipinski definition) is 7. The highest BCUT2D eigenvalue weighted by atomic mass is 16.6. The molecule has 0 aromatic heterocycles. The molecule has 1 aliphatic heterocycles. The van der Waals surface area contributed by atoms with Gasteiger partial charge in [0.05, 0.1) is 4.92 Å². The third kappa shape index (κ3) is 5.10. The molecule has 1 amide bonds. The Balaban J connectivity index is 1.58. The van der Waals surface area contributed by atoms with Crippen molar-refractivity contribution in [3.05, 3.63) is 64.2 Å². The normalized spacial score (nSPS) is 13.6. The fraction of sp³-hybridized carbons (Fsp3) is 0.200. The SMILES string of the molecule is C[C@@H](OC(=O)/C=C/c1ccc2c(c1)OCCO2)C(=O)Nc1ccccc1[N+](=O)[O-]. The van der Waals surface area contributed by atoms with Crippen LogP contribution in [-0.2, 0) is 14.3 Å². The van der Waals surface area contributed by atoms with Gasteiger partial charge in [0, 0.05) is 12.1 Å². The molecule has 0 saturated heterocycles. The fourth-order valence-electron chi connectivity index (χ4n) is 2.57. The lowest BCUT2D eigenvalue weighted by Crippen LogP contribution is -2.29. The minimum Gasteiger partial charge on any atom is -0.486 e. The zero-order valence-electron chi connectivity index (χ0n) is 15.5. The average Bonchev–Trinajstić information content (AvgIpc) is 2.72. The molecular weight excluding hydrogens is 380 g/mol. The van der Waals surface area contributed by atoms with Crippen LogP contribution in [0.15, 0.2) is 48.5 Å². The lowest BCUT2D eigenvalue weighted by atomic mass is 10.2. The van der Waals surface area contributed by atoms with Crippen molar-refractivity contribution in [2.45, 2.75) is 13.0 Å². The van der Waals surface area contributed by atoms with E-state index >= 15 is 0 Å². The van der Waals surface area contributed by atoms with E-state index in [2.05, 4.69) is 5.32 Å². The van der Waals surface area contributed by atoms with Gasteiger partial charge in [-0.05, 0) is 36.8 Å². The molecule has 0 radical (unpaired) electrons. The number of carbonyl (C=O) groups is 2. The van der Waals surface area contributed by atoms with Gasteiger partial charge in [-0.25, -0.2) is 4.79 Å². The highest BCUT2D eigenvalue weighted by Gasteiger charge is 2.21. The second-order valence-corrected chi connectivity index (χ2v) is 6.08. The summed E-state index contributed by atoms with van der Waals surface area (Å²) in [4.78, 5) is 34.6. The number of nitro benzene ring substituents is 1. The molecule has 0 unspecified atom stereocenters. The largest absolute Gasteiger partial charge is 0.486 e. The Morgan fingerprint density at radius 3 is 2.66 bits per heavy atom. The van der Waals surface area contributed by atoms with Crippen LogP contribution in [0, 0.1) is 10.1 Å². The van der Waals surface area contributed by atoms with Crippen LogP contribution in [0.4, 0.5) is 11.4 Å². The molecule has 1 atom stereocenters. The number of nitrogens with one attached hydrogen (secondary N) is 1. The summed E-state index contributed by atoms with van der Waals surface area (Å²) in [6.07, 6.45) is 1.56. The Labute approximate surface area is 166 Å². The van der Waals surface area contributed by atoms with Crippen molar-refractivity contribution in [1.29, 1.82) is 0 Å². The van der Waals surface area contributed by atoms with Gasteiger partial charge < -0.3 is 19.5 Å². The van der Waals surface area contributed by atoms with Gasteiger partial charge in [-0.3, -0.25) is 14.9 Å². The van der Waals surface area contributed by atoms with E-state index in [0.717, 1.165) is 0 Å². The van der Waals surface area contributed by atoms with Crippen LogP contribution in [0.1, 0.15) is 12.5 Å². The topological polar surface area (TPSA) is 117 Å². The first-order chi connectivity index (χ1) is 13.9. The fourth-order valence-corrected chi connectivity index (χ4v) is 2.57. The summed E-state index contributed by atoms with van der Waals surface area (Å²) >= 11 is 0. The summed E-state index contributed by atoms with van der Waals surface area (Å²) < 4.78 is 16.0. The van der Waals surface area contributed by atoms with Crippen molar-refractivity contribution < 1.29 is 28.7 Å². The van der Waals surface area contributed by atoms with E-state index in [9.17, 15) is 19.7 Å². The Bertz CT molecular complexity index is 971. The summed E-state index contributed by atoms with van der Waals surface area (Å²) in [5.74, 6) is -0.189. The Morgan fingerprint density at radius 1 is 1.17 bits per heavy atom. The average molecular weight is 398 g/mol. The van der Waals surface area contributed by atoms with Gasteiger partial charge in [0.25, 0.3) is 11.6 Å². The number of carbonyl (C=O) groups excluding carboxylic acids is 2.